The highest BCUT2D eigenvalue weighted by Crippen LogP contribution is 2.19. The summed E-state index contributed by atoms with van der Waals surface area (Å²) < 4.78 is 39.6. The first-order chi connectivity index (χ1) is 9.95. The van der Waals surface area contributed by atoms with E-state index in [1.54, 1.807) is 37.4 Å². The van der Waals surface area contributed by atoms with Gasteiger partial charge in [0.2, 0.25) is 10.0 Å². The van der Waals surface area contributed by atoms with Crippen molar-refractivity contribution in [1.29, 1.82) is 0 Å². The maximum absolute atomic E-state index is 13.6. The molecule has 2 rings (SSSR count). The molecule has 0 fully saturated rings. The van der Waals surface area contributed by atoms with Gasteiger partial charge in [0.1, 0.15) is 5.82 Å². The summed E-state index contributed by atoms with van der Waals surface area (Å²) in [4.78, 5) is 0.181. The summed E-state index contributed by atoms with van der Waals surface area (Å²) >= 11 is 0. The van der Waals surface area contributed by atoms with Crippen molar-refractivity contribution in [1.82, 2.24) is 4.31 Å². The number of hydrogen-bond donors (Lipinski definition) is 1. The standard InChI is InChI=1S/C15H17FN2O2S/c1-17-13-7-9-14(10-8-13)21(19,20)18(2)11-12-5-3-4-6-15(12)16/h3-10,17H,11H2,1-2H3. The molecule has 2 aromatic rings. The first-order valence-corrected chi connectivity index (χ1v) is 7.86. The van der Waals surface area contributed by atoms with Crippen LogP contribution < -0.4 is 5.32 Å². The summed E-state index contributed by atoms with van der Waals surface area (Å²) in [6.07, 6.45) is 0. The quantitative estimate of drug-likeness (QED) is 0.924. The maximum Gasteiger partial charge on any atom is 0.243 e. The summed E-state index contributed by atoms with van der Waals surface area (Å²) in [5.41, 5.74) is 1.17. The molecule has 0 saturated carbocycles. The summed E-state index contributed by atoms with van der Waals surface area (Å²) in [7, 11) is -0.444. The summed E-state index contributed by atoms with van der Waals surface area (Å²) in [6, 6.07) is 12.6. The van der Waals surface area contributed by atoms with Crippen molar-refractivity contribution >= 4 is 15.7 Å². The van der Waals surface area contributed by atoms with Gasteiger partial charge >= 0.3 is 0 Å². The van der Waals surface area contributed by atoms with E-state index in [1.165, 1.54) is 25.2 Å². The van der Waals surface area contributed by atoms with Gasteiger partial charge in [-0.3, -0.25) is 0 Å². The van der Waals surface area contributed by atoms with E-state index in [9.17, 15) is 12.8 Å². The lowest BCUT2D eigenvalue weighted by Crippen LogP contribution is -2.26. The Morgan fingerprint density at radius 1 is 1.10 bits per heavy atom. The van der Waals surface area contributed by atoms with Gasteiger partial charge in [0.25, 0.3) is 0 Å². The van der Waals surface area contributed by atoms with E-state index in [0.29, 0.717) is 5.56 Å². The van der Waals surface area contributed by atoms with Gasteiger partial charge in [0.05, 0.1) is 4.90 Å². The average Bonchev–Trinajstić information content (AvgIpc) is 2.49. The van der Waals surface area contributed by atoms with E-state index in [2.05, 4.69) is 5.32 Å². The molecule has 0 aliphatic heterocycles. The third kappa shape index (κ3) is 3.40. The van der Waals surface area contributed by atoms with Crippen LogP contribution in [0.1, 0.15) is 5.56 Å². The topological polar surface area (TPSA) is 49.4 Å². The minimum absolute atomic E-state index is 0.0111. The highest BCUT2D eigenvalue weighted by molar-refractivity contribution is 7.89. The Morgan fingerprint density at radius 2 is 1.71 bits per heavy atom. The number of hydrogen-bond acceptors (Lipinski definition) is 3. The molecule has 112 valence electrons. The molecule has 0 atom stereocenters. The first kappa shape index (κ1) is 15.5. The Labute approximate surface area is 124 Å². The van der Waals surface area contributed by atoms with Gasteiger partial charge in [-0.05, 0) is 30.3 Å². The fourth-order valence-corrected chi connectivity index (χ4v) is 3.07. The summed E-state index contributed by atoms with van der Waals surface area (Å²) in [5.74, 6) is -0.412. The lowest BCUT2D eigenvalue weighted by molar-refractivity contribution is 0.456. The van der Waals surface area contributed by atoms with Crippen molar-refractivity contribution in [3.63, 3.8) is 0 Å². The van der Waals surface area contributed by atoms with Crippen LogP contribution in [0.4, 0.5) is 10.1 Å². The van der Waals surface area contributed by atoms with Gasteiger partial charge in [-0.15, -0.1) is 0 Å². The zero-order chi connectivity index (χ0) is 15.5. The molecule has 0 radical (unpaired) electrons. The van der Waals surface area contributed by atoms with Crippen molar-refractivity contribution in [2.24, 2.45) is 0 Å². The molecule has 0 aromatic heterocycles. The monoisotopic (exact) mass is 308 g/mol. The summed E-state index contributed by atoms with van der Waals surface area (Å²) in [6.45, 7) is -0.0111. The third-order valence-electron chi connectivity index (χ3n) is 3.20. The number of rotatable bonds is 5. The van der Waals surface area contributed by atoms with Crippen LogP contribution in [0.25, 0.3) is 0 Å². The van der Waals surface area contributed by atoms with Crippen molar-refractivity contribution < 1.29 is 12.8 Å². The third-order valence-corrected chi connectivity index (χ3v) is 5.02. The fourth-order valence-electron chi connectivity index (χ4n) is 1.93. The Morgan fingerprint density at radius 3 is 2.29 bits per heavy atom. The normalized spacial score (nSPS) is 11.6. The van der Waals surface area contributed by atoms with Crippen LogP contribution in [-0.2, 0) is 16.6 Å². The number of nitrogens with zero attached hydrogens (tertiary/aromatic N) is 1. The minimum Gasteiger partial charge on any atom is -0.388 e. The second-order valence-electron chi connectivity index (χ2n) is 4.63. The number of halogens is 1. The fraction of sp³-hybridized carbons (Fsp3) is 0.200. The van der Waals surface area contributed by atoms with Gasteiger partial charge in [-0.2, -0.15) is 4.31 Å². The zero-order valence-electron chi connectivity index (χ0n) is 11.9. The molecular weight excluding hydrogens is 291 g/mol. The van der Waals surface area contributed by atoms with Crippen LogP contribution in [0.3, 0.4) is 0 Å². The number of benzene rings is 2. The van der Waals surface area contributed by atoms with E-state index in [0.717, 1.165) is 9.99 Å². The molecule has 0 heterocycles. The highest BCUT2D eigenvalue weighted by Gasteiger charge is 2.21. The van der Waals surface area contributed by atoms with Crippen molar-refractivity contribution in [2.75, 3.05) is 19.4 Å². The van der Waals surface area contributed by atoms with Gasteiger partial charge in [-0.25, -0.2) is 12.8 Å². The first-order valence-electron chi connectivity index (χ1n) is 6.42. The van der Waals surface area contributed by atoms with E-state index in [-0.39, 0.29) is 11.4 Å². The molecule has 0 amide bonds. The Balaban J connectivity index is 2.24. The van der Waals surface area contributed by atoms with Crippen LogP contribution in [0.15, 0.2) is 53.4 Å². The molecule has 0 bridgehead atoms. The highest BCUT2D eigenvalue weighted by atomic mass is 32.2. The summed E-state index contributed by atoms with van der Waals surface area (Å²) in [5, 5.41) is 2.92. The number of anilines is 1. The predicted octanol–water partition coefficient (Wildman–Crippen LogP) is 2.69. The molecule has 21 heavy (non-hydrogen) atoms. The van der Waals surface area contributed by atoms with Gasteiger partial charge in [-0.1, -0.05) is 18.2 Å². The Hall–Kier alpha value is -1.92. The molecule has 0 aliphatic carbocycles. The van der Waals surface area contributed by atoms with Crippen LogP contribution in [-0.4, -0.2) is 26.8 Å². The maximum atomic E-state index is 13.6. The number of sulfonamides is 1. The predicted molar refractivity (Wildman–Crippen MR) is 81.0 cm³/mol. The van der Waals surface area contributed by atoms with Crippen LogP contribution >= 0.6 is 0 Å². The van der Waals surface area contributed by atoms with Crippen LogP contribution in [0.5, 0.6) is 0 Å². The molecular formula is C15H17FN2O2S. The smallest absolute Gasteiger partial charge is 0.243 e. The molecule has 0 aliphatic rings. The Kier molecular flexibility index (Phi) is 4.59. The van der Waals surface area contributed by atoms with Gasteiger partial charge in [0, 0.05) is 31.9 Å². The van der Waals surface area contributed by atoms with Crippen LogP contribution in [0.2, 0.25) is 0 Å². The van der Waals surface area contributed by atoms with Crippen molar-refractivity contribution in [2.45, 2.75) is 11.4 Å². The van der Waals surface area contributed by atoms with Gasteiger partial charge in [0.15, 0.2) is 0 Å². The van der Waals surface area contributed by atoms with Gasteiger partial charge < -0.3 is 5.32 Å². The lowest BCUT2D eigenvalue weighted by Gasteiger charge is -2.18. The largest absolute Gasteiger partial charge is 0.388 e. The zero-order valence-corrected chi connectivity index (χ0v) is 12.7. The molecule has 4 nitrogen and oxygen atoms in total. The number of nitrogens with one attached hydrogen (secondary N) is 1. The van der Waals surface area contributed by atoms with E-state index in [4.69, 9.17) is 0 Å². The molecule has 0 saturated heterocycles. The van der Waals surface area contributed by atoms with E-state index in [1.807, 2.05) is 0 Å². The molecule has 0 unspecified atom stereocenters. The van der Waals surface area contributed by atoms with E-state index < -0.39 is 15.8 Å². The Bertz CT molecular complexity index is 715. The minimum atomic E-state index is -3.64. The molecule has 0 spiro atoms. The molecule has 2 aromatic carbocycles. The van der Waals surface area contributed by atoms with Crippen molar-refractivity contribution in [3.8, 4) is 0 Å². The average molecular weight is 308 g/mol. The SMILES string of the molecule is CNc1ccc(S(=O)(=O)N(C)Cc2ccccc2F)cc1. The van der Waals surface area contributed by atoms with Crippen molar-refractivity contribution in [3.05, 3.63) is 59.9 Å². The second-order valence-corrected chi connectivity index (χ2v) is 6.67. The lowest BCUT2D eigenvalue weighted by atomic mass is 10.2. The second kappa shape index (κ2) is 6.24. The molecule has 6 heteroatoms. The van der Waals surface area contributed by atoms with E-state index >= 15 is 0 Å². The van der Waals surface area contributed by atoms with Crippen LogP contribution in [0, 0.1) is 5.82 Å². The molecule has 1 N–H and O–H groups in total.